The summed E-state index contributed by atoms with van der Waals surface area (Å²) in [5, 5.41) is 10.2. The molecule has 4 rings (SSSR count). The van der Waals surface area contributed by atoms with Gasteiger partial charge in [-0.3, -0.25) is 0 Å². The Balaban J connectivity index is 1.82. The first-order valence-electron chi connectivity index (χ1n) is 8.05. The van der Waals surface area contributed by atoms with E-state index in [1.54, 1.807) is 13.0 Å². The molecule has 0 saturated heterocycles. The van der Waals surface area contributed by atoms with Crippen molar-refractivity contribution in [1.29, 1.82) is 0 Å². The minimum absolute atomic E-state index is 0.0469. The zero-order valence-electron chi connectivity index (χ0n) is 13.7. The first-order chi connectivity index (χ1) is 12.3. The van der Waals surface area contributed by atoms with Crippen LogP contribution in [-0.4, -0.2) is 21.9 Å². The second kappa shape index (κ2) is 6.03. The quantitative estimate of drug-likeness (QED) is 0.619. The summed E-state index contributed by atoms with van der Waals surface area (Å²) in [5.74, 6) is -4.62. The maximum atomic E-state index is 14.5. The van der Waals surface area contributed by atoms with Crippen molar-refractivity contribution in [2.24, 2.45) is 0 Å². The maximum Gasteiger partial charge on any atom is 0.300 e. The van der Waals surface area contributed by atoms with Crippen LogP contribution in [0.25, 0.3) is 10.9 Å². The summed E-state index contributed by atoms with van der Waals surface area (Å²) >= 11 is 1.01. The number of benzene rings is 2. The van der Waals surface area contributed by atoms with E-state index in [1.807, 2.05) is 0 Å². The molecule has 2 nitrogen and oxygen atoms in total. The second-order valence-electron chi connectivity index (χ2n) is 6.48. The molecule has 1 atom stereocenters. The lowest BCUT2D eigenvalue weighted by Gasteiger charge is -2.30. The number of aromatic amines is 1. The zero-order valence-corrected chi connectivity index (χ0v) is 14.6. The highest BCUT2D eigenvalue weighted by Gasteiger charge is 2.45. The van der Waals surface area contributed by atoms with Gasteiger partial charge < -0.3 is 10.1 Å². The molecule has 2 heterocycles. The van der Waals surface area contributed by atoms with E-state index >= 15 is 0 Å². The molecule has 0 radical (unpaired) electrons. The monoisotopic (exact) mass is 381 g/mol. The topological polar surface area (TPSA) is 36.0 Å². The normalized spacial score (nSPS) is 18.9. The minimum atomic E-state index is -3.43. The molecule has 2 aromatic carbocycles. The number of H-pyrrole nitrogens is 1. The van der Waals surface area contributed by atoms with Crippen LogP contribution in [0.2, 0.25) is 0 Å². The summed E-state index contributed by atoms with van der Waals surface area (Å²) in [6.45, 7) is 1.78. The third-order valence-electron chi connectivity index (χ3n) is 4.77. The summed E-state index contributed by atoms with van der Waals surface area (Å²) in [6, 6.07) is 6.47. The number of aromatic nitrogens is 1. The summed E-state index contributed by atoms with van der Waals surface area (Å²) in [6.07, 6.45) is -1.76. The van der Waals surface area contributed by atoms with Crippen LogP contribution in [0.5, 0.6) is 0 Å². The maximum absolute atomic E-state index is 14.5. The van der Waals surface area contributed by atoms with Gasteiger partial charge in [0.15, 0.2) is 0 Å². The second-order valence-corrected chi connectivity index (χ2v) is 7.55. The SMILES string of the molecule is Cc1[nH]c2ccc(F)cc2c1Cc1cc2c(cc1F)SCC(O)C2(F)F. The van der Waals surface area contributed by atoms with E-state index in [4.69, 9.17) is 0 Å². The van der Waals surface area contributed by atoms with E-state index < -0.39 is 23.7 Å². The van der Waals surface area contributed by atoms with Crippen molar-refractivity contribution in [2.75, 3.05) is 5.75 Å². The van der Waals surface area contributed by atoms with Crippen molar-refractivity contribution in [2.45, 2.75) is 30.3 Å². The number of hydrogen-bond donors (Lipinski definition) is 2. The number of rotatable bonds is 2. The van der Waals surface area contributed by atoms with Crippen molar-refractivity contribution in [1.82, 2.24) is 4.98 Å². The van der Waals surface area contributed by atoms with E-state index in [2.05, 4.69) is 4.98 Å². The van der Waals surface area contributed by atoms with Crippen molar-refractivity contribution in [3.05, 3.63) is 64.4 Å². The van der Waals surface area contributed by atoms with Gasteiger partial charge in [-0.2, -0.15) is 8.78 Å². The fraction of sp³-hybridized carbons (Fsp3) is 0.263. The van der Waals surface area contributed by atoms with Crippen molar-refractivity contribution in [3.8, 4) is 0 Å². The van der Waals surface area contributed by atoms with Gasteiger partial charge in [0.2, 0.25) is 0 Å². The molecule has 1 unspecified atom stereocenters. The Morgan fingerprint density at radius 1 is 1.23 bits per heavy atom. The Labute approximate surface area is 151 Å². The molecular formula is C19H15F4NOS. The number of nitrogens with one attached hydrogen (secondary N) is 1. The number of thioether (sulfide) groups is 1. The summed E-state index contributed by atoms with van der Waals surface area (Å²) in [7, 11) is 0. The van der Waals surface area contributed by atoms with Gasteiger partial charge in [0, 0.05) is 39.2 Å². The molecule has 7 heteroatoms. The number of aliphatic hydroxyl groups is 1. The van der Waals surface area contributed by atoms with Gasteiger partial charge in [-0.1, -0.05) is 0 Å². The van der Waals surface area contributed by atoms with Crippen LogP contribution in [0.15, 0.2) is 35.2 Å². The molecule has 1 aliphatic rings. The number of aryl methyl sites for hydroxylation is 1. The van der Waals surface area contributed by atoms with Crippen molar-refractivity contribution in [3.63, 3.8) is 0 Å². The van der Waals surface area contributed by atoms with Crippen LogP contribution in [0.4, 0.5) is 17.6 Å². The van der Waals surface area contributed by atoms with Gasteiger partial charge in [0.25, 0.3) is 5.92 Å². The summed E-state index contributed by atoms with van der Waals surface area (Å²) in [4.78, 5) is 3.24. The van der Waals surface area contributed by atoms with E-state index in [0.29, 0.717) is 16.5 Å². The highest BCUT2D eigenvalue weighted by atomic mass is 32.2. The average molecular weight is 381 g/mol. The molecule has 0 bridgehead atoms. The van der Waals surface area contributed by atoms with E-state index in [1.165, 1.54) is 12.1 Å². The first kappa shape index (κ1) is 17.4. The lowest BCUT2D eigenvalue weighted by Crippen LogP contribution is -2.36. The predicted octanol–water partition coefficient (Wildman–Crippen LogP) is 4.90. The van der Waals surface area contributed by atoms with Crippen molar-refractivity contribution < 1.29 is 22.7 Å². The third-order valence-corrected chi connectivity index (χ3v) is 5.90. The largest absolute Gasteiger partial charge is 0.386 e. The number of alkyl halides is 2. The number of fused-ring (bicyclic) bond motifs is 2. The first-order valence-corrected chi connectivity index (χ1v) is 9.04. The lowest BCUT2D eigenvalue weighted by molar-refractivity contribution is -0.108. The van der Waals surface area contributed by atoms with Gasteiger partial charge >= 0.3 is 0 Å². The Bertz CT molecular complexity index is 1010. The van der Waals surface area contributed by atoms with Gasteiger partial charge in [-0.25, -0.2) is 8.78 Å². The Morgan fingerprint density at radius 3 is 2.77 bits per heavy atom. The fourth-order valence-corrected chi connectivity index (χ4v) is 4.43. The number of hydrogen-bond acceptors (Lipinski definition) is 2. The summed E-state index contributed by atoms with van der Waals surface area (Å²) < 4.78 is 56.8. The highest BCUT2D eigenvalue weighted by molar-refractivity contribution is 7.99. The Hall–Kier alpha value is -1.99. The fourth-order valence-electron chi connectivity index (χ4n) is 3.34. The minimum Gasteiger partial charge on any atom is -0.386 e. The van der Waals surface area contributed by atoms with E-state index in [0.717, 1.165) is 29.6 Å². The molecular weight excluding hydrogens is 366 g/mol. The molecule has 0 spiro atoms. The Kier molecular flexibility index (Phi) is 4.04. The number of aliphatic hydroxyl groups excluding tert-OH is 1. The van der Waals surface area contributed by atoms with Crippen LogP contribution in [0.1, 0.15) is 22.4 Å². The van der Waals surface area contributed by atoms with Crippen molar-refractivity contribution >= 4 is 22.7 Å². The highest BCUT2D eigenvalue weighted by Crippen LogP contribution is 2.45. The van der Waals surface area contributed by atoms with Gasteiger partial charge in [0.1, 0.15) is 17.7 Å². The molecule has 0 fully saturated rings. The van der Waals surface area contributed by atoms with E-state index in [9.17, 15) is 22.7 Å². The molecule has 0 saturated carbocycles. The van der Waals surface area contributed by atoms with Gasteiger partial charge in [-0.05, 0) is 48.4 Å². The smallest absolute Gasteiger partial charge is 0.300 e. The molecule has 136 valence electrons. The van der Waals surface area contributed by atoms with Gasteiger partial charge in [-0.15, -0.1) is 11.8 Å². The zero-order chi connectivity index (χ0) is 18.6. The molecule has 26 heavy (non-hydrogen) atoms. The lowest BCUT2D eigenvalue weighted by atomic mass is 9.96. The standard InChI is InChI=1S/C19H15F4NOS/c1-9-12(13-6-11(20)2-3-16(13)24-9)4-10-5-14-17(7-15(10)21)26-8-18(25)19(14,22)23/h2-3,5-7,18,24-25H,4,8H2,1H3. The molecule has 1 aromatic heterocycles. The molecule has 1 aliphatic heterocycles. The van der Waals surface area contributed by atoms with Crippen LogP contribution in [0, 0.1) is 18.6 Å². The average Bonchev–Trinajstić information content (AvgIpc) is 2.88. The third kappa shape index (κ3) is 2.70. The van der Waals surface area contributed by atoms with Crippen LogP contribution in [-0.2, 0) is 12.3 Å². The molecule has 2 N–H and O–H groups in total. The summed E-state index contributed by atoms with van der Waals surface area (Å²) in [5.41, 5.74) is 1.82. The molecule has 0 amide bonds. The van der Waals surface area contributed by atoms with Crippen LogP contribution in [0.3, 0.4) is 0 Å². The molecule has 0 aliphatic carbocycles. The number of halogens is 4. The van der Waals surface area contributed by atoms with Crippen LogP contribution < -0.4 is 0 Å². The molecule has 3 aromatic rings. The predicted molar refractivity (Wildman–Crippen MR) is 92.8 cm³/mol. The van der Waals surface area contributed by atoms with Crippen LogP contribution >= 0.6 is 11.8 Å². The van der Waals surface area contributed by atoms with Gasteiger partial charge in [0.05, 0.1) is 0 Å². The van der Waals surface area contributed by atoms with E-state index in [-0.39, 0.29) is 28.2 Å². The Morgan fingerprint density at radius 2 is 2.00 bits per heavy atom.